The highest BCUT2D eigenvalue weighted by Gasteiger charge is 2.43. The fourth-order valence-electron chi connectivity index (χ4n) is 4.88. The van der Waals surface area contributed by atoms with Crippen molar-refractivity contribution in [2.75, 3.05) is 4.90 Å². The summed E-state index contributed by atoms with van der Waals surface area (Å²) in [5.41, 5.74) is 5.04. The van der Waals surface area contributed by atoms with Crippen LogP contribution in [-0.2, 0) is 0 Å². The molecule has 1 saturated heterocycles. The lowest BCUT2D eigenvalue weighted by Crippen LogP contribution is -2.29. The van der Waals surface area contributed by atoms with Gasteiger partial charge in [0, 0.05) is 28.3 Å². The minimum Gasteiger partial charge on any atom is -0.506 e. The number of halogens is 1. The summed E-state index contributed by atoms with van der Waals surface area (Å²) in [4.78, 5) is 18.0. The van der Waals surface area contributed by atoms with Gasteiger partial charge in [0.15, 0.2) is 5.11 Å². The van der Waals surface area contributed by atoms with E-state index in [0.717, 1.165) is 28.3 Å². The van der Waals surface area contributed by atoms with Crippen molar-refractivity contribution in [1.29, 1.82) is 0 Å². The maximum atomic E-state index is 11.6. The Kier molecular flexibility index (Phi) is 6.15. The second kappa shape index (κ2) is 9.29. The zero-order valence-electron chi connectivity index (χ0n) is 19.5. The Morgan fingerprint density at radius 3 is 2.61 bits per heavy atom. The number of aromatic hydroxyl groups is 1. The highest BCUT2D eigenvalue weighted by atomic mass is 35.5. The van der Waals surface area contributed by atoms with E-state index < -0.39 is 5.97 Å². The van der Waals surface area contributed by atoms with Gasteiger partial charge < -0.3 is 25.0 Å². The molecule has 5 rings (SSSR count). The van der Waals surface area contributed by atoms with Gasteiger partial charge in [0.1, 0.15) is 5.75 Å². The molecule has 182 valence electrons. The highest BCUT2D eigenvalue weighted by Crippen LogP contribution is 2.46. The summed E-state index contributed by atoms with van der Waals surface area (Å²) >= 11 is 12.1. The molecule has 3 heterocycles. The van der Waals surface area contributed by atoms with Crippen molar-refractivity contribution in [1.82, 2.24) is 14.9 Å². The molecule has 0 spiro atoms. The van der Waals surface area contributed by atoms with Crippen LogP contribution in [0.2, 0.25) is 5.02 Å². The Bertz CT molecular complexity index is 1490. The van der Waals surface area contributed by atoms with Crippen molar-refractivity contribution in [3.63, 3.8) is 0 Å². The number of nitrogens with one attached hydrogen (secondary N) is 1. The third-order valence-corrected chi connectivity index (χ3v) is 6.98. The van der Waals surface area contributed by atoms with Crippen LogP contribution in [-0.4, -0.2) is 30.8 Å². The molecule has 4 aromatic rings. The monoisotopic (exact) mass is 518 g/mol. The van der Waals surface area contributed by atoms with Crippen LogP contribution >= 0.6 is 23.8 Å². The van der Waals surface area contributed by atoms with Gasteiger partial charge in [-0.15, -0.1) is 0 Å². The molecule has 0 radical (unpaired) electrons. The zero-order chi connectivity index (χ0) is 25.6. The number of phenols is 1. The van der Waals surface area contributed by atoms with Crippen LogP contribution in [0.4, 0.5) is 5.69 Å². The van der Waals surface area contributed by atoms with Crippen LogP contribution in [0.15, 0.2) is 72.9 Å². The number of anilines is 1. The van der Waals surface area contributed by atoms with Gasteiger partial charge in [-0.25, -0.2) is 4.79 Å². The Morgan fingerprint density at radius 2 is 1.89 bits per heavy atom. The largest absolute Gasteiger partial charge is 0.506 e. The van der Waals surface area contributed by atoms with Crippen LogP contribution in [0.1, 0.15) is 45.1 Å². The number of carboxylic acid groups (broad SMARTS) is 1. The lowest BCUT2D eigenvalue weighted by atomic mass is 9.96. The molecule has 0 amide bonds. The average molecular weight is 519 g/mol. The van der Waals surface area contributed by atoms with E-state index in [1.54, 1.807) is 42.6 Å². The zero-order valence-corrected chi connectivity index (χ0v) is 21.1. The number of hydrogen-bond acceptors (Lipinski definition) is 4. The topological polar surface area (TPSA) is 90.6 Å². The van der Waals surface area contributed by atoms with Gasteiger partial charge in [-0.2, -0.15) is 0 Å². The maximum Gasteiger partial charge on any atom is 0.335 e. The summed E-state index contributed by atoms with van der Waals surface area (Å²) in [6, 6.07) is 18.8. The number of nitrogens with zero attached hydrogens (tertiary/aromatic N) is 3. The van der Waals surface area contributed by atoms with Crippen LogP contribution in [0.5, 0.6) is 5.75 Å². The fourth-order valence-corrected chi connectivity index (χ4v) is 5.39. The smallest absolute Gasteiger partial charge is 0.335 e. The van der Waals surface area contributed by atoms with Crippen LogP contribution in [0, 0.1) is 13.8 Å². The van der Waals surface area contributed by atoms with E-state index in [2.05, 4.69) is 16.4 Å². The molecule has 7 nitrogen and oxygen atoms in total. The first-order valence-electron chi connectivity index (χ1n) is 11.3. The van der Waals surface area contributed by atoms with E-state index in [1.807, 2.05) is 47.6 Å². The number of thiocarbonyl (C=S) groups is 1. The van der Waals surface area contributed by atoms with Crippen LogP contribution in [0.3, 0.4) is 0 Å². The number of carboxylic acids is 1. The molecule has 0 unspecified atom stereocenters. The summed E-state index contributed by atoms with van der Waals surface area (Å²) in [6.07, 6.45) is 1.73. The molecule has 1 fully saturated rings. The number of pyridine rings is 1. The average Bonchev–Trinajstić information content (AvgIpc) is 3.36. The summed E-state index contributed by atoms with van der Waals surface area (Å²) < 4.78 is 2.02. The lowest BCUT2D eigenvalue weighted by Gasteiger charge is -2.28. The third kappa shape index (κ3) is 4.08. The number of aryl methyl sites for hydroxylation is 1. The van der Waals surface area contributed by atoms with E-state index in [1.165, 1.54) is 0 Å². The minimum atomic E-state index is -0.984. The lowest BCUT2D eigenvalue weighted by molar-refractivity contribution is 0.0697. The van der Waals surface area contributed by atoms with Gasteiger partial charge in [-0.3, -0.25) is 4.98 Å². The maximum absolute atomic E-state index is 11.6. The molecular weight excluding hydrogens is 496 g/mol. The van der Waals surface area contributed by atoms with E-state index >= 15 is 0 Å². The molecule has 1 aliphatic rings. The highest BCUT2D eigenvalue weighted by molar-refractivity contribution is 7.80. The molecule has 2 atom stereocenters. The van der Waals surface area contributed by atoms with Gasteiger partial charge in [-0.1, -0.05) is 23.7 Å². The van der Waals surface area contributed by atoms with Gasteiger partial charge in [0.05, 0.1) is 29.0 Å². The number of hydrogen-bond donors (Lipinski definition) is 3. The molecule has 1 aliphatic heterocycles. The second-order valence-corrected chi connectivity index (χ2v) is 9.47. The Morgan fingerprint density at radius 1 is 1.08 bits per heavy atom. The number of rotatable bonds is 5. The van der Waals surface area contributed by atoms with Gasteiger partial charge in [-0.05, 0) is 86.2 Å². The van der Waals surface area contributed by atoms with Crippen molar-refractivity contribution < 1.29 is 15.0 Å². The van der Waals surface area contributed by atoms with E-state index in [0.29, 0.717) is 15.8 Å². The standard InChI is InChI=1S/C27H23ClN4O3S/c1-15-12-20(16(2)31(15)19-7-5-6-17(13-19)26(34)35)25-24(21-8-3-4-11-29-21)30-27(36)32(25)22-14-18(28)9-10-23(22)33/h3-14,24-25,33H,1-2H3,(H,30,36)(H,34,35)/t24-,25+/m1/s1. The minimum absolute atomic E-state index is 0.0539. The van der Waals surface area contributed by atoms with Crippen molar-refractivity contribution in [2.45, 2.75) is 25.9 Å². The van der Waals surface area contributed by atoms with E-state index in [-0.39, 0.29) is 23.4 Å². The Labute approximate surface area is 218 Å². The first-order chi connectivity index (χ1) is 17.3. The van der Waals surface area contributed by atoms with Crippen LogP contribution < -0.4 is 10.2 Å². The first-order valence-corrected chi connectivity index (χ1v) is 12.1. The van der Waals surface area contributed by atoms with Gasteiger partial charge in [0.2, 0.25) is 0 Å². The predicted octanol–water partition coefficient (Wildman–Crippen LogP) is 5.72. The molecule has 2 aromatic carbocycles. The third-order valence-electron chi connectivity index (χ3n) is 6.44. The van der Waals surface area contributed by atoms with Gasteiger partial charge in [0.25, 0.3) is 0 Å². The number of benzene rings is 2. The van der Waals surface area contributed by atoms with Crippen molar-refractivity contribution in [2.24, 2.45) is 0 Å². The summed E-state index contributed by atoms with van der Waals surface area (Å²) in [5, 5.41) is 24.5. The predicted molar refractivity (Wildman–Crippen MR) is 143 cm³/mol. The number of aromatic nitrogens is 2. The van der Waals surface area contributed by atoms with Crippen molar-refractivity contribution in [3.05, 3.63) is 106 Å². The van der Waals surface area contributed by atoms with E-state index in [4.69, 9.17) is 23.8 Å². The van der Waals surface area contributed by atoms with Crippen molar-refractivity contribution in [3.8, 4) is 11.4 Å². The molecule has 2 aromatic heterocycles. The molecule has 0 aliphatic carbocycles. The number of carbonyl (C=O) groups is 1. The summed E-state index contributed by atoms with van der Waals surface area (Å²) in [5.74, 6) is -0.930. The molecule has 36 heavy (non-hydrogen) atoms. The molecule has 3 N–H and O–H groups in total. The molecule has 0 saturated carbocycles. The summed E-state index contributed by atoms with van der Waals surface area (Å²) in [7, 11) is 0. The molecule has 0 bridgehead atoms. The molecular formula is C27H23ClN4O3S. The van der Waals surface area contributed by atoms with E-state index in [9.17, 15) is 15.0 Å². The first kappa shape index (κ1) is 23.8. The Balaban J connectivity index is 1.70. The normalized spacial score (nSPS) is 17.3. The SMILES string of the molecule is Cc1cc([C@H]2[C@@H](c3ccccn3)NC(=S)N2c2cc(Cl)ccc2O)c(C)n1-c1cccc(C(=O)O)c1. The Hall–Kier alpha value is -3.88. The van der Waals surface area contributed by atoms with Gasteiger partial charge >= 0.3 is 5.97 Å². The number of aromatic carboxylic acids is 1. The quantitative estimate of drug-likeness (QED) is 0.291. The second-order valence-electron chi connectivity index (χ2n) is 8.65. The van der Waals surface area contributed by atoms with Crippen LogP contribution in [0.25, 0.3) is 5.69 Å². The number of phenolic OH excluding ortho intramolecular Hbond substituents is 1. The fraction of sp³-hybridized carbons (Fsp3) is 0.148. The van der Waals surface area contributed by atoms with Crippen molar-refractivity contribution >= 4 is 40.6 Å². The summed E-state index contributed by atoms with van der Waals surface area (Å²) in [6.45, 7) is 3.96. The molecule has 9 heteroatoms.